The van der Waals surface area contributed by atoms with Gasteiger partial charge in [-0.05, 0) is 65.8 Å². The van der Waals surface area contributed by atoms with Crippen LogP contribution in [0.4, 0.5) is 16.2 Å². The van der Waals surface area contributed by atoms with Gasteiger partial charge in [0.15, 0.2) is 6.04 Å². The summed E-state index contributed by atoms with van der Waals surface area (Å²) in [5.41, 5.74) is 0.543. The molecule has 0 fully saturated rings. The lowest BCUT2D eigenvalue weighted by Gasteiger charge is -2.27. The number of amides is 2. The molecule has 0 aromatic heterocycles. The van der Waals surface area contributed by atoms with Crippen LogP contribution in [0.5, 0.6) is 0 Å². The normalized spacial score (nSPS) is 12.9. The van der Waals surface area contributed by atoms with E-state index in [1.54, 1.807) is 32.9 Å². The zero-order valence-corrected chi connectivity index (χ0v) is 17.7. The molecular weight excluding hydrogens is 346 g/mol. The molecule has 0 spiro atoms. The monoisotopic (exact) mass is 379 g/mol. The number of hydrogen-bond acceptors (Lipinski definition) is 5. The summed E-state index contributed by atoms with van der Waals surface area (Å²) >= 11 is 0. The first-order valence-corrected chi connectivity index (χ1v) is 8.98. The first-order chi connectivity index (χ1) is 12.3. The molecule has 0 aliphatic rings. The summed E-state index contributed by atoms with van der Waals surface area (Å²) in [5, 5.41) is 5.36. The van der Waals surface area contributed by atoms with Gasteiger partial charge in [0.1, 0.15) is 5.60 Å². The van der Waals surface area contributed by atoms with Crippen LogP contribution in [-0.2, 0) is 14.3 Å². The van der Waals surface area contributed by atoms with Gasteiger partial charge in [-0.1, -0.05) is 0 Å². The fourth-order valence-corrected chi connectivity index (χ4v) is 2.04. The molecule has 2 N–H and O–H groups in total. The average molecular weight is 380 g/mol. The van der Waals surface area contributed by atoms with Crippen molar-refractivity contribution < 1.29 is 19.1 Å². The van der Waals surface area contributed by atoms with Crippen LogP contribution < -0.4 is 15.5 Å². The summed E-state index contributed by atoms with van der Waals surface area (Å²) in [5.74, 6) is -0.537. The lowest BCUT2D eigenvalue weighted by atomic mass is 10.1. The topological polar surface area (TPSA) is 79.9 Å². The second kappa shape index (κ2) is 9.08. The van der Waals surface area contributed by atoms with Gasteiger partial charge in [0.05, 0.1) is 12.2 Å². The quantitative estimate of drug-likeness (QED) is 0.741. The van der Waals surface area contributed by atoms with E-state index in [9.17, 15) is 9.59 Å². The predicted molar refractivity (Wildman–Crippen MR) is 108 cm³/mol. The molecule has 1 aromatic rings. The summed E-state index contributed by atoms with van der Waals surface area (Å²) in [6.07, 6.45) is 0. The summed E-state index contributed by atoms with van der Waals surface area (Å²) < 4.78 is 11.1. The lowest BCUT2D eigenvalue weighted by molar-refractivity contribution is -0.160. The first-order valence-electron chi connectivity index (χ1n) is 8.98. The minimum Gasteiger partial charge on any atom is -0.458 e. The fraction of sp³-hybridized carbons (Fsp3) is 0.600. The Bertz CT molecular complexity index is 628. The molecule has 0 aliphatic heterocycles. The van der Waals surface area contributed by atoms with E-state index in [0.717, 1.165) is 5.69 Å². The minimum atomic E-state index is -0.913. The number of ether oxygens (including phenoxy) is 2. The molecule has 0 bridgehead atoms. The molecular formula is C20H33N3O4. The van der Waals surface area contributed by atoms with Gasteiger partial charge in [-0.2, -0.15) is 0 Å². The highest BCUT2D eigenvalue weighted by molar-refractivity contribution is 5.92. The molecule has 0 saturated carbocycles. The van der Waals surface area contributed by atoms with Gasteiger partial charge in [-0.3, -0.25) is 0 Å². The number of benzene rings is 1. The highest BCUT2D eigenvalue weighted by Gasteiger charge is 2.28. The summed E-state index contributed by atoms with van der Waals surface area (Å²) in [7, 11) is 3.88. The first kappa shape index (κ1) is 22.8. The van der Waals surface area contributed by atoms with Gasteiger partial charge in [-0.25, -0.2) is 9.59 Å². The molecule has 0 saturated heterocycles. The van der Waals surface area contributed by atoms with Crippen molar-refractivity contribution in [2.45, 2.75) is 58.8 Å². The maximum Gasteiger partial charge on any atom is 0.331 e. The highest BCUT2D eigenvalue weighted by Crippen LogP contribution is 2.16. The Morgan fingerprint density at radius 2 is 1.56 bits per heavy atom. The Balaban J connectivity index is 2.77. The summed E-state index contributed by atoms with van der Waals surface area (Å²) in [4.78, 5) is 26.7. The van der Waals surface area contributed by atoms with E-state index in [1.807, 2.05) is 51.9 Å². The molecule has 0 radical (unpaired) electrons. The van der Waals surface area contributed by atoms with E-state index >= 15 is 0 Å². The van der Waals surface area contributed by atoms with E-state index in [1.165, 1.54) is 0 Å². The minimum absolute atomic E-state index is 0.0192. The third-order valence-electron chi connectivity index (χ3n) is 3.32. The molecule has 7 nitrogen and oxygen atoms in total. The molecule has 1 atom stereocenters. The number of hydrogen-bond donors (Lipinski definition) is 2. The lowest BCUT2D eigenvalue weighted by Crippen LogP contribution is -2.49. The maximum atomic E-state index is 12.4. The number of carbonyl (C=O) groups excluding carboxylic acids is 2. The smallest absolute Gasteiger partial charge is 0.331 e. The van der Waals surface area contributed by atoms with Crippen molar-refractivity contribution in [3.63, 3.8) is 0 Å². The van der Waals surface area contributed by atoms with E-state index in [-0.39, 0.29) is 6.61 Å². The van der Waals surface area contributed by atoms with E-state index < -0.39 is 29.2 Å². The summed E-state index contributed by atoms with van der Waals surface area (Å²) in [6.45, 7) is 11.0. The number of nitrogens with one attached hydrogen (secondary N) is 2. The standard InChI is InChI=1S/C20H33N3O4/c1-19(2,3)26-13-16(17(24)27-20(4,5)6)22-18(25)21-14-9-11-15(12-10-14)23(7)8/h9-12,16H,13H2,1-8H3,(H2,21,22,25). The van der Waals surface area contributed by atoms with Crippen LogP contribution in [0.2, 0.25) is 0 Å². The predicted octanol–water partition coefficient (Wildman–Crippen LogP) is 3.40. The van der Waals surface area contributed by atoms with Crippen molar-refractivity contribution in [1.29, 1.82) is 0 Å². The van der Waals surface area contributed by atoms with Gasteiger partial charge < -0.3 is 25.0 Å². The molecule has 1 rings (SSSR count). The Hall–Kier alpha value is -2.28. The SMILES string of the molecule is CN(C)c1ccc(NC(=O)NC(COC(C)(C)C)C(=O)OC(C)(C)C)cc1. The van der Waals surface area contributed by atoms with Gasteiger partial charge >= 0.3 is 12.0 Å². The van der Waals surface area contributed by atoms with Crippen molar-refractivity contribution in [2.24, 2.45) is 0 Å². The molecule has 0 heterocycles. The molecule has 27 heavy (non-hydrogen) atoms. The Kier molecular flexibility index (Phi) is 7.65. The van der Waals surface area contributed by atoms with Crippen LogP contribution in [0.3, 0.4) is 0 Å². The number of anilines is 2. The van der Waals surface area contributed by atoms with Crippen LogP contribution >= 0.6 is 0 Å². The zero-order valence-electron chi connectivity index (χ0n) is 17.7. The number of nitrogens with zero attached hydrogens (tertiary/aromatic N) is 1. The van der Waals surface area contributed by atoms with Gasteiger partial charge in [0, 0.05) is 25.5 Å². The van der Waals surface area contributed by atoms with E-state index in [0.29, 0.717) is 5.69 Å². The second-order valence-corrected chi connectivity index (χ2v) is 8.55. The van der Waals surface area contributed by atoms with Gasteiger partial charge in [-0.15, -0.1) is 0 Å². The van der Waals surface area contributed by atoms with Crippen molar-refractivity contribution in [1.82, 2.24) is 5.32 Å². The van der Waals surface area contributed by atoms with E-state index in [2.05, 4.69) is 10.6 Å². The van der Waals surface area contributed by atoms with Crippen molar-refractivity contribution >= 4 is 23.4 Å². The maximum absolute atomic E-state index is 12.4. The molecule has 0 aliphatic carbocycles. The number of urea groups is 1. The van der Waals surface area contributed by atoms with Crippen LogP contribution in [0.25, 0.3) is 0 Å². The number of esters is 1. The van der Waals surface area contributed by atoms with Crippen molar-refractivity contribution in [2.75, 3.05) is 30.9 Å². The Morgan fingerprint density at radius 1 is 1.00 bits per heavy atom. The van der Waals surface area contributed by atoms with Gasteiger partial charge in [0.25, 0.3) is 0 Å². The third-order valence-corrected chi connectivity index (χ3v) is 3.32. The Labute approximate surface area is 162 Å². The fourth-order valence-electron chi connectivity index (χ4n) is 2.04. The molecule has 1 unspecified atom stereocenters. The van der Waals surface area contributed by atoms with Crippen LogP contribution in [0.1, 0.15) is 41.5 Å². The third kappa shape index (κ3) is 9.28. The van der Waals surface area contributed by atoms with Crippen LogP contribution in [-0.4, -0.2) is 49.9 Å². The molecule has 1 aromatic carbocycles. The largest absolute Gasteiger partial charge is 0.458 e. The molecule has 2 amide bonds. The zero-order chi connectivity index (χ0) is 20.8. The van der Waals surface area contributed by atoms with Gasteiger partial charge in [0.2, 0.25) is 0 Å². The second-order valence-electron chi connectivity index (χ2n) is 8.55. The van der Waals surface area contributed by atoms with Crippen LogP contribution in [0.15, 0.2) is 24.3 Å². The Morgan fingerprint density at radius 3 is 2.00 bits per heavy atom. The summed E-state index contributed by atoms with van der Waals surface area (Å²) in [6, 6.07) is 5.96. The number of carbonyl (C=O) groups is 2. The van der Waals surface area contributed by atoms with Crippen LogP contribution in [0, 0.1) is 0 Å². The average Bonchev–Trinajstić information content (AvgIpc) is 2.49. The molecule has 7 heteroatoms. The number of rotatable bonds is 6. The van der Waals surface area contributed by atoms with Crippen molar-refractivity contribution in [3.8, 4) is 0 Å². The molecule has 152 valence electrons. The highest BCUT2D eigenvalue weighted by atomic mass is 16.6. The van der Waals surface area contributed by atoms with E-state index in [4.69, 9.17) is 9.47 Å². The van der Waals surface area contributed by atoms with Crippen molar-refractivity contribution in [3.05, 3.63) is 24.3 Å².